The molecule has 24 heavy (non-hydrogen) atoms. The van der Waals surface area contributed by atoms with Crippen molar-refractivity contribution in [3.8, 4) is 0 Å². The van der Waals surface area contributed by atoms with E-state index in [-0.39, 0.29) is 11.8 Å². The summed E-state index contributed by atoms with van der Waals surface area (Å²) in [5.74, 6) is -0.183. The van der Waals surface area contributed by atoms with Gasteiger partial charge in [0.2, 0.25) is 10.0 Å². The molecule has 0 radical (unpaired) electrons. The molecular formula is C18H21Cl2NO2S. The molecule has 0 heterocycles. The van der Waals surface area contributed by atoms with Gasteiger partial charge < -0.3 is 0 Å². The summed E-state index contributed by atoms with van der Waals surface area (Å²) in [4.78, 5) is 0. The van der Waals surface area contributed by atoms with Crippen molar-refractivity contribution in [1.82, 2.24) is 4.72 Å². The van der Waals surface area contributed by atoms with E-state index >= 15 is 0 Å². The van der Waals surface area contributed by atoms with Gasteiger partial charge in [0, 0.05) is 16.1 Å². The lowest BCUT2D eigenvalue weighted by molar-refractivity contribution is 0.565. The molecule has 0 bridgehead atoms. The van der Waals surface area contributed by atoms with Gasteiger partial charge in [0.05, 0.1) is 5.75 Å². The SMILES string of the molecule is Cc1cc(C)c([C@@H](C)NS(=O)(=O)Cc2ccc(Cl)cc2Cl)cc1C. The lowest BCUT2D eigenvalue weighted by Crippen LogP contribution is -2.28. The molecule has 0 aliphatic heterocycles. The van der Waals surface area contributed by atoms with E-state index in [0.717, 1.165) is 16.7 Å². The highest BCUT2D eigenvalue weighted by Crippen LogP contribution is 2.25. The van der Waals surface area contributed by atoms with Gasteiger partial charge in [-0.3, -0.25) is 0 Å². The highest BCUT2D eigenvalue weighted by molar-refractivity contribution is 7.88. The second-order valence-electron chi connectivity index (χ2n) is 6.13. The Labute approximate surface area is 154 Å². The van der Waals surface area contributed by atoms with Crippen LogP contribution in [-0.4, -0.2) is 8.42 Å². The molecule has 0 saturated carbocycles. The van der Waals surface area contributed by atoms with Crippen LogP contribution < -0.4 is 4.72 Å². The van der Waals surface area contributed by atoms with E-state index in [0.29, 0.717) is 15.6 Å². The van der Waals surface area contributed by atoms with E-state index in [9.17, 15) is 8.42 Å². The summed E-state index contributed by atoms with van der Waals surface area (Å²) in [5, 5.41) is 0.830. The molecule has 0 aromatic heterocycles. The van der Waals surface area contributed by atoms with Gasteiger partial charge in [-0.2, -0.15) is 0 Å². The third-order valence-corrected chi connectivity index (χ3v) is 6.06. The van der Waals surface area contributed by atoms with Crippen LogP contribution in [0.1, 0.15) is 40.8 Å². The zero-order valence-electron chi connectivity index (χ0n) is 14.2. The quantitative estimate of drug-likeness (QED) is 0.777. The fourth-order valence-electron chi connectivity index (χ4n) is 2.67. The zero-order valence-corrected chi connectivity index (χ0v) is 16.5. The Kier molecular flexibility index (Phi) is 5.97. The van der Waals surface area contributed by atoms with Gasteiger partial charge in [-0.05, 0) is 67.6 Å². The fraction of sp³-hybridized carbons (Fsp3) is 0.333. The van der Waals surface area contributed by atoms with Crippen molar-refractivity contribution in [1.29, 1.82) is 0 Å². The maximum absolute atomic E-state index is 12.5. The lowest BCUT2D eigenvalue weighted by Gasteiger charge is -2.19. The third kappa shape index (κ3) is 4.73. The molecule has 2 rings (SSSR count). The Morgan fingerprint density at radius 2 is 1.62 bits per heavy atom. The number of hydrogen-bond donors (Lipinski definition) is 1. The highest BCUT2D eigenvalue weighted by Gasteiger charge is 2.19. The van der Waals surface area contributed by atoms with E-state index in [4.69, 9.17) is 23.2 Å². The summed E-state index contributed by atoms with van der Waals surface area (Å²) in [6, 6.07) is 8.61. The van der Waals surface area contributed by atoms with E-state index in [1.807, 2.05) is 33.8 Å². The monoisotopic (exact) mass is 385 g/mol. The molecule has 2 aromatic carbocycles. The highest BCUT2D eigenvalue weighted by atomic mass is 35.5. The average Bonchev–Trinajstić information content (AvgIpc) is 2.45. The van der Waals surface area contributed by atoms with Gasteiger partial charge in [0.1, 0.15) is 0 Å². The topological polar surface area (TPSA) is 46.2 Å². The lowest BCUT2D eigenvalue weighted by atomic mass is 9.97. The summed E-state index contributed by atoms with van der Waals surface area (Å²) in [7, 11) is -3.53. The Morgan fingerprint density at radius 3 is 2.25 bits per heavy atom. The normalized spacial score (nSPS) is 13.1. The van der Waals surface area contributed by atoms with E-state index < -0.39 is 10.0 Å². The van der Waals surface area contributed by atoms with Crippen LogP contribution in [0.5, 0.6) is 0 Å². The number of aryl methyl sites for hydroxylation is 3. The third-order valence-electron chi connectivity index (χ3n) is 4.07. The molecule has 3 nitrogen and oxygen atoms in total. The molecule has 0 unspecified atom stereocenters. The van der Waals surface area contributed by atoms with Crippen LogP contribution in [0.25, 0.3) is 0 Å². The van der Waals surface area contributed by atoms with E-state index in [1.165, 1.54) is 5.56 Å². The van der Waals surface area contributed by atoms with Gasteiger partial charge in [-0.25, -0.2) is 13.1 Å². The Balaban J connectivity index is 2.21. The predicted molar refractivity (Wildman–Crippen MR) is 101 cm³/mol. The van der Waals surface area contributed by atoms with Crippen LogP contribution in [0, 0.1) is 20.8 Å². The number of nitrogens with one attached hydrogen (secondary N) is 1. The van der Waals surface area contributed by atoms with Crippen molar-refractivity contribution in [2.45, 2.75) is 39.5 Å². The second-order valence-corrected chi connectivity index (χ2v) is 8.72. The molecule has 0 fully saturated rings. The molecule has 0 amide bonds. The van der Waals surface area contributed by atoms with Crippen molar-refractivity contribution in [3.63, 3.8) is 0 Å². The molecule has 1 N–H and O–H groups in total. The minimum absolute atomic E-state index is 0.183. The van der Waals surface area contributed by atoms with Crippen molar-refractivity contribution in [3.05, 3.63) is 68.2 Å². The minimum atomic E-state index is -3.53. The Bertz CT molecular complexity index is 864. The maximum Gasteiger partial charge on any atom is 0.216 e. The summed E-state index contributed by atoms with van der Waals surface area (Å²) < 4.78 is 27.7. The number of benzene rings is 2. The Hall–Kier alpha value is -1.07. The van der Waals surface area contributed by atoms with Gasteiger partial charge in [-0.15, -0.1) is 0 Å². The summed E-state index contributed by atoms with van der Waals surface area (Å²) in [5.41, 5.74) is 4.90. The number of sulfonamides is 1. The smallest absolute Gasteiger partial charge is 0.212 e. The van der Waals surface area contributed by atoms with Crippen LogP contribution in [0.2, 0.25) is 10.0 Å². The molecule has 1 atom stereocenters. The summed E-state index contributed by atoms with van der Waals surface area (Å²) >= 11 is 11.9. The first-order chi connectivity index (χ1) is 11.1. The number of rotatable bonds is 5. The van der Waals surface area contributed by atoms with Gasteiger partial charge in [-0.1, -0.05) is 41.4 Å². The number of halogens is 2. The van der Waals surface area contributed by atoms with Gasteiger partial charge in [0.15, 0.2) is 0 Å². The molecular weight excluding hydrogens is 365 g/mol. The van der Waals surface area contributed by atoms with Crippen LogP contribution in [0.15, 0.2) is 30.3 Å². The predicted octanol–water partition coefficient (Wildman–Crippen LogP) is 5.10. The first kappa shape index (κ1) is 19.3. The van der Waals surface area contributed by atoms with Gasteiger partial charge in [0.25, 0.3) is 0 Å². The molecule has 0 saturated heterocycles. The molecule has 2 aromatic rings. The summed E-state index contributed by atoms with van der Waals surface area (Å²) in [6.45, 7) is 7.90. The van der Waals surface area contributed by atoms with Crippen molar-refractivity contribution in [2.24, 2.45) is 0 Å². The van der Waals surface area contributed by atoms with Crippen LogP contribution in [0.3, 0.4) is 0 Å². The number of hydrogen-bond acceptors (Lipinski definition) is 2. The van der Waals surface area contributed by atoms with E-state index in [2.05, 4.69) is 10.8 Å². The first-order valence-corrected chi connectivity index (χ1v) is 10.0. The summed E-state index contributed by atoms with van der Waals surface area (Å²) in [6.07, 6.45) is 0. The maximum atomic E-state index is 12.5. The molecule has 0 spiro atoms. The van der Waals surface area contributed by atoms with Crippen LogP contribution >= 0.6 is 23.2 Å². The Morgan fingerprint density at radius 1 is 1.00 bits per heavy atom. The van der Waals surface area contributed by atoms with Gasteiger partial charge >= 0.3 is 0 Å². The zero-order chi connectivity index (χ0) is 18.1. The van der Waals surface area contributed by atoms with Crippen LogP contribution in [0.4, 0.5) is 0 Å². The minimum Gasteiger partial charge on any atom is -0.212 e. The largest absolute Gasteiger partial charge is 0.216 e. The van der Waals surface area contributed by atoms with Crippen LogP contribution in [-0.2, 0) is 15.8 Å². The van der Waals surface area contributed by atoms with Crippen molar-refractivity contribution < 1.29 is 8.42 Å². The fourth-order valence-corrected chi connectivity index (χ4v) is 4.63. The average molecular weight is 386 g/mol. The molecule has 0 aliphatic carbocycles. The molecule has 0 aliphatic rings. The molecule has 130 valence electrons. The first-order valence-electron chi connectivity index (χ1n) is 7.61. The second kappa shape index (κ2) is 7.44. The standard InChI is InChI=1S/C18H21Cl2NO2S/c1-11-7-13(3)17(8-12(11)2)14(4)21-24(22,23)10-15-5-6-16(19)9-18(15)20/h5-9,14,21H,10H2,1-4H3/t14-/m1/s1. The molecule has 6 heteroatoms. The van der Waals surface area contributed by atoms with Crippen molar-refractivity contribution >= 4 is 33.2 Å². The van der Waals surface area contributed by atoms with Crippen molar-refractivity contribution in [2.75, 3.05) is 0 Å². The van der Waals surface area contributed by atoms with E-state index in [1.54, 1.807) is 18.2 Å².